The highest BCUT2D eigenvalue weighted by atomic mass is 16.6. The van der Waals surface area contributed by atoms with E-state index in [0.29, 0.717) is 17.0 Å². The van der Waals surface area contributed by atoms with Crippen LogP contribution in [-0.2, 0) is 0 Å². The lowest BCUT2D eigenvalue weighted by molar-refractivity contribution is -0.384. The summed E-state index contributed by atoms with van der Waals surface area (Å²) in [7, 11) is 0. The van der Waals surface area contributed by atoms with Crippen LogP contribution in [0.4, 0.5) is 11.4 Å². The molecule has 8 nitrogen and oxygen atoms in total. The van der Waals surface area contributed by atoms with Crippen LogP contribution in [0.2, 0.25) is 0 Å². The third-order valence-corrected chi connectivity index (χ3v) is 3.19. The molecule has 1 N–H and O–H groups in total. The van der Waals surface area contributed by atoms with Crippen molar-refractivity contribution in [1.29, 1.82) is 0 Å². The van der Waals surface area contributed by atoms with Crippen LogP contribution < -0.4 is 10.1 Å². The van der Waals surface area contributed by atoms with Crippen molar-refractivity contribution in [2.75, 3.05) is 5.32 Å². The fourth-order valence-electron chi connectivity index (χ4n) is 1.97. The van der Waals surface area contributed by atoms with Crippen molar-refractivity contribution in [1.82, 2.24) is 9.97 Å². The Morgan fingerprint density at radius 2 is 1.88 bits per heavy atom. The molecule has 8 heteroatoms. The average molecular weight is 336 g/mol. The molecule has 124 valence electrons. The van der Waals surface area contributed by atoms with Crippen LogP contribution in [0, 0.1) is 10.1 Å². The number of hydrogen-bond acceptors (Lipinski definition) is 6. The Balaban J connectivity index is 1.65. The van der Waals surface area contributed by atoms with Gasteiger partial charge in [-0.2, -0.15) is 0 Å². The van der Waals surface area contributed by atoms with Gasteiger partial charge in [-0.3, -0.25) is 19.9 Å². The van der Waals surface area contributed by atoms with Crippen LogP contribution in [0.15, 0.2) is 67.1 Å². The number of nitrogens with one attached hydrogen (secondary N) is 1. The van der Waals surface area contributed by atoms with Gasteiger partial charge in [-0.1, -0.05) is 0 Å². The van der Waals surface area contributed by atoms with Gasteiger partial charge >= 0.3 is 0 Å². The van der Waals surface area contributed by atoms with Gasteiger partial charge in [0.1, 0.15) is 5.75 Å². The van der Waals surface area contributed by atoms with E-state index in [1.54, 1.807) is 30.5 Å². The fourth-order valence-corrected chi connectivity index (χ4v) is 1.97. The molecule has 0 aliphatic rings. The molecular formula is C17H12N4O4. The topological polar surface area (TPSA) is 107 Å². The Labute approximate surface area is 142 Å². The molecule has 0 bridgehead atoms. The standard InChI is InChI=1S/C17H12N4O4/c22-17(20-13-2-1-9-18-11-13)12-3-8-16(19-10-12)25-15-6-4-14(5-7-15)21(23)24/h1-11H,(H,20,22). The minimum absolute atomic E-state index is 0.0253. The summed E-state index contributed by atoms with van der Waals surface area (Å²) in [5, 5.41) is 13.3. The van der Waals surface area contributed by atoms with Crippen LogP contribution in [0.3, 0.4) is 0 Å². The van der Waals surface area contributed by atoms with Crippen LogP contribution >= 0.6 is 0 Å². The molecule has 0 aliphatic heterocycles. The first-order chi connectivity index (χ1) is 12.1. The molecule has 25 heavy (non-hydrogen) atoms. The number of benzene rings is 1. The van der Waals surface area contributed by atoms with Crippen LogP contribution in [0.1, 0.15) is 10.4 Å². The second-order valence-corrected chi connectivity index (χ2v) is 4.93. The third kappa shape index (κ3) is 4.14. The van der Waals surface area contributed by atoms with Crippen molar-refractivity contribution in [2.24, 2.45) is 0 Å². The maximum atomic E-state index is 12.1. The van der Waals surface area contributed by atoms with Crippen molar-refractivity contribution < 1.29 is 14.5 Å². The predicted octanol–water partition coefficient (Wildman–Crippen LogP) is 3.43. The smallest absolute Gasteiger partial charge is 0.269 e. The zero-order valence-corrected chi connectivity index (χ0v) is 12.8. The Kier molecular flexibility index (Phi) is 4.61. The average Bonchev–Trinajstić information content (AvgIpc) is 2.63. The summed E-state index contributed by atoms with van der Waals surface area (Å²) < 4.78 is 5.49. The summed E-state index contributed by atoms with van der Waals surface area (Å²) in [6.45, 7) is 0. The van der Waals surface area contributed by atoms with Crippen molar-refractivity contribution in [3.8, 4) is 11.6 Å². The largest absolute Gasteiger partial charge is 0.439 e. The predicted molar refractivity (Wildman–Crippen MR) is 89.6 cm³/mol. The van der Waals surface area contributed by atoms with Gasteiger partial charge in [0.25, 0.3) is 11.6 Å². The molecule has 1 aromatic carbocycles. The lowest BCUT2D eigenvalue weighted by Gasteiger charge is -2.06. The molecule has 0 saturated heterocycles. The van der Waals surface area contributed by atoms with Crippen molar-refractivity contribution in [2.45, 2.75) is 0 Å². The summed E-state index contributed by atoms with van der Waals surface area (Å²) in [5.74, 6) is 0.361. The highest BCUT2D eigenvalue weighted by molar-refractivity contribution is 6.03. The molecule has 2 aromatic heterocycles. The van der Waals surface area contributed by atoms with E-state index >= 15 is 0 Å². The number of carbonyl (C=O) groups is 1. The highest BCUT2D eigenvalue weighted by Gasteiger charge is 2.09. The minimum atomic E-state index is -0.488. The van der Waals surface area contributed by atoms with E-state index in [1.165, 1.54) is 36.7 Å². The van der Waals surface area contributed by atoms with Gasteiger partial charge in [0.05, 0.1) is 22.4 Å². The number of non-ortho nitro benzene ring substituents is 1. The summed E-state index contributed by atoms with van der Waals surface area (Å²) >= 11 is 0. The summed E-state index contributed by atoms with van der Waals surface area (Å²) in [6, 6.07) is 12.2. The maximum absolute atomic E-state index is 12.1. The first kappa shape index (κ1) is 16.1. The molecule has 0 fully saturated rings. The monoisotopic (exact) mass is 336 g/mol. The molecule has 0 spiro atoms. The number of nitro groups is 1. The molecule has 1 amide bonds. The second kappa shape index (κ2) is 7.18. The summed E-state index contributed by atoms with van der Waals surface area (Å²) in [5.41, 5.74) is 0.918. The van der Waals surface area contributed by atoms with E-state index in [0.717, 1.165) is 0 Å². The molecular weight excluding hydrogens is 324 g/mol. The van der Waals surface area contributed by atoms with E-state index in [-0.39, 0.29) is 17.5 Å². The van der Waals surface area contributed by atoms with E-state index in [4.69, 9.17) is 4.74 Å². The van der Waals surface area contributed by atoms with Crippen LogP contribution in [0.5, 0.6) is 11.6 Å². The Hall–Kier alpha value is -3.81. The molecule has 3 aromatic rings. The Bertz CT molecular complexity index is 881. The third-order valence-electron chi connectivity index (χ3n) is 3.19. The first-order valence-corrected chi connectivity index (χ1v) is 7.21. The number of nitrogens with zero attached hydrogens (tertiary/aromatic N) is 3. The van der Waals surface area contributed by atoms with Crippen molar-refractivity contribution in [3.05, 3.63) is 82.8 Å². The SMILES string of the molecule is O=C(Nc1cccnc1)c1ccc(Oc2ccc([N+](=O)[O-])cc2)nc1. The number of carbonyl (C=O) groups excluding carboxylic acids is 1. The number of anilines is 1. The zero-order valence-electron chi connectivity index (χ0n) is 12.8. The maximum Gasteiger partial charge on any atom is 0.269 e. The molecule has 3 rings (SSSR count). The fraction of sp³-hybridized carbons (Fsp3) is 0. The molecule has 0 saturated carbocycles. The van der Waals surface area contributed by atoms with E-state index in [1.807, 2.05) is 0 Å². The number of amides is 1. The lowest BCUT2D eigenvalue weighted by atomic mass is 10.2. The van der Waals surface area contributed by atoms with E-state index in [2.05, 4.69) is 15.3 Å². The molecule has 0 radical (unpaired) electrons. The minimum Gasteiger partial charge on any atom is -0.439 e. The summed E-state index contributed by atoms with van der Waals surface area (Å²) in [4.78, 5) is 30.2. The van der Waals surface area contributed by atoms with Gasteiger partial charge in [-0.15, -0.1) is 0 Å². The normalized spacial score (nSPS) is 10.1. The lowest BCUT2D eigenvalue weighted by Crippen LogP contribution is -2.12. The zero-order chi connectivity index (χ0) is 17.6. The number of rotatable bonds is 5. The van der Waals surface area contributed by atoms with E-state index in [9.17, 15) is 14.9 Å². The van der Waals surface area contributed by atoms with Crippen molar-refractivity contribution in [3.63, 3.8) is 0 Å². The van der Waals surface area contributed by atoms with Gasteiger partial charge in [0.2, 0.25) is 5.88 Å². The number of ether oxygens (including phenoxy) is 1. The Morgan fingerprint density at radius 3 is 2.48 bits per heavy atom. The van der Waals surface area contributed by atoms with E-state index < -0.39 is 4.92 Å². The van der Waals surface area contributed by atoms with Gasteiger partial charge < -0.3 is 10.1 Å². The highest BCUT2D eigenvalue weighted by Crippen LogP contribution is 2.22. The Morgan fingerprint density at radius 1 is 1.08 bits per heavy atom. The number of hydrogen-bond donors (Lipinski definition) is 1. The van der Waals surface area contributed by atoms with Crippen molar-refractivity contribution >= 4 is 17.3 Å². The van der Waals surface area contributed by atoms with Gasteiger partial charge in [-0.05, 0) is 30.3 Å². The number of pyridine rings is 2. The molecule has 0 aliphatic carbocycles. The molecule has 2 heterocycles. The van der Waals surface area contributed by atoms with Crippen LogP contribution in [0.25, 0.3) is 0 Å². The van der Waals surface area contributed by atoms with Gasteiger partial charge in [0, 0.05) is 30.6 Å². The first-order valence-electron chi connectivity index (χ1n) is 7.21. The quantitative estimate of drug-likeness (QED) is 0.565. The van der Waals surface area contributed by atoms with Gasteiger partial charge in [-0.25, -0.2) is 4.98 Å². The molecule has 0 atom stereocenters. The summed E-state index contributed by atoms with van der Waals surface area (Å²) in [6.07, 6.45) is 4.53. The second-order valence-electron chi connectivity index (χ2n) is 4.93. The molecule has 0 unspecified atom stereocenters. The van der Waals surface area contributed by atoms with Crippen LogP contribution in [-0.4, -0.2) is 20.8 Å². The number of nitro benzene ring substituents is 1. The van der Waals surface area contributed by atoms with Gasteiger partial charge in [0.15, 0.2) is 0 Å². The number of aromatic nitrogens is 2.